The third-order valence-electron chi connectivity index (χ3n) is 4.56. The highest BCUT2D eigenvalue weighted by Crippen LogP contribution is 2.24. The van der Waals surface area contributed by atoms with Crippen molar-refractivity contribution in [2.45, 2.75) is 25.9 Å². The van der Waals surface area contributed by atoms with Gasteiger partial charge in [0.15, 0.2) is 15.9 Å². The van der Waals surface area contributed by atoms with Crippen LogP contribution in [0.4, 0.5) is 5.69 Å². The molecular formula is C21H23NO6S. The fourth-order valence-corrected chi connectivity index (χ4v) is 4.90. The largest absolute Gasteiger partial charge is 0.457 e. The number of carbonyl (C=O) groups excluding carboxylic acids is 2. The summed E-state index contributed by atoms with van der Waals surface area (Å²) >= 11 is 0. The molecule has 1 fully saturated rings. The predicted molar refractivity (Wildman–Crippen MR) is 109 cm³/mol. The average molecular weight is 417 g/mol. The molecule has 0 spiro atoms. The van der Waals surface area contributed by atoms with Crippen LogP contribution in [0.25, 0.3) is 0 Å². The summed E-state index contributed by atoms with van der Waals surface area (Å²) in [7, 11) is -3.05. The highest BCUT2D eigenvalue weighted by molar-refractivity contribution is 7.91. The SMILES string of the molecule is C[C@H](OC(=O)C[C@@H]1CCS(=O)(=O)C1)C(=O)Nc1ccc(Oc2ccccc2)cc1. The molecule has 2 atom stereocenters. The van der Waals surface area contributed by atoms with Gasteiger partial charge in [-0.3, -0.25) is 9.59 Å². The van der Waals surface area contributed by atoms with Gasteiger partial charge < -0.3 is 14.8 Å². The van der Waals surface area contributed by atoms with Crippen molar-refractivity contribution >= 4 is 27.4 Å². The van der Waals surface area contributed by atoms with E-state index in [2.05, 4.69) is 5.32 Å². The number of nitrogens with one attached hydrogen (secondary N) is 1. The first-order chi connectivity index (χ1) is 13.8. The van der Waals surface area contributed by atoms with Gasteiger partial charge in [-0.2, -0.15) is 0 Å². The van der Waals surface area contributed by atoms with Crippen LogP contribution in [0.5, 0.6) is 11.5 Å². The number of hydrogen-bond acceptors (Lipinski definition) is 6. The molecule has 1 aliphatic rings. The van der Waals surface area contributed by atoms with E-state index >= 15 is 0 Å². The number of rotatable bonds is 7. The fourth-order valence-electron chi connectivity index (χ4n) is 3.04. The van der Waals surface area contributed by atoms with Crippen LogP contribution in [0.15, 0.2) is 54.6 Å². The van der Waals surface area contributed by atoms with Crippen molar-refractivity contribution in [3.8, 4) is 11.5 Å². The van der Waals surface area contributed by atoms with Gasteiger partial charge in [-0.05, 0) is 55.7 Å². The van der Waals surface area contributed by atoms with E-state index in [0.29, 0.717) is 23.6 Å². The molecule has 0 saturated carbocycles. The number of ether oxygens (including phenoxy) is 2. The van der Waals surface area contributed by atoms with Gasteiger partial charge in [0.25, 0.3) is 5.91 Å². The van der Waals surface area contributed by atoms with E-state index in [1.54, 1.807) is 24.3 Å². The van der Waals surface area contributed by atoms with E-state index in [9.17, 15) is 18.0 Å². The molecule has 29 heavy (non-hydrogen) atoms. The Labute approximate surface area is 169 Å². The summed E-state index contributed by atoms with van der Waals surface area (Å²) in [6, 6.07) is 16.1. The van der Waals surface area contributed by atoms with Crippen molar-refractivity contribution < 1.29 is 27.5 Å². The summed E-state index contributed by atoms with van der Waals surface area (Å²) in [6.45, 7) is 1.48. The maximum atomic E-state index is 12.2. The highest BCUT2D eigenvalue weighted by Gasteiger charge is 2.30. The van der Waals surface area contributed by atoms with Gasteiger partial charge in [-0.25, -0.2) is 8.42 Å². The molecule has 1 N–H and O–H groups in total. The molecule has 0 unspecified atom stereocenters. The Morgan fingerprint density at radius 2 is 1.72 bits per heavy atom. The van der Waals surface area contributed by atoms with Crippen molar-refractivity contribution in [2.24, 2.45) is 5.92 Å². The first-order valence-corrected chi connectivity index (χ1v) is 11.2. The molecule has 7 nitrogen and oxygen atoms in total. The minimum atomic E-state index is -3.05. The van der Waals surface area contributed by atoms with E-state index in [0.717, 1.165) is 0 Å². The lowest BCUT2D eigenvalue weighted by molar-refractivity contribution is -0.153. The third kappa shape index (κ3) is 6.32. The number of esters is 1. The van der Waals surface area contributed by atoms with Crippen LogP contribution in [0.2, 0.25) is 0 Å². The van der Waals surface area contributed by atoms with Crippen LogP contribution < -0.4 is 10.1 Å². The lowest BCUT2D eigenvalue weighted by Crippen LogP contribution is -2.30. The molecule has 0 bridgehead atoms. The smallest absolute Gasteiger partial charge is 0.306 e. The van der Waals surface area contributed by atoms with Crippen molar-refractivity contribution in [2.75, 3.05) is 16.8 Å². The molecule has 0 aliphatic carbocycles. The lowest BCUT2D eigenvalue weighted by Gasteiger charge is -2.15. The Morgan fingerprint density at radius 3 is 2.34 bits per heavy atom. The Kier molecular flexibility index (Phi) is 6.53. The summed E-state index contributed by atoms with van der Waals surface area (Å²) in [5.74, 6) is 0.167. The molecule has 1 heterocycles. The Bertz CT molecular complexity index is 956. The molecule has 1 aliphatic heterocycles. The van der Waals surface area contributed by atoms with Gasteiger partial charge in [0.05, 0.1) is 11.5 Å². The van der Waals surface area contributed by atoms with E-state index in [1.807, 2.05) is 30.3 Å². The molecule has 0 radical (unpaired) electrons. The summed E-state index contributed by atoms with van der Waals surface area (Å²) < 4.78 is 33.8. The van der Waals surface area contributed by atoms with Gasteiger partial charge in [0, 0.05) is 12.1 Å². The van der Waals surface area contributed by atoms with Crippen molar-refractivity contribution in [3.05, 3.63) is 54.6 Å². The second-order valence-corrected chi connectivity index (χ2v) is 9.26. The number of anilines is 1. The predicted octanol–water partition coefficient (Wildman–Crippen LogP) is 3.17. The second-order valence-electron chi connectivity index (χ2n) is 7.03. The van der Waals surface area contributed by atoms with Gasteiger partial charge >= 0.3 is 5.97 Å². The van der Waals surface area contributed by atoms with Crippen LogP contribution in [0.3, 0.4) is 0 Å². The van der Waals surface area contributed by atoms with Crippen LogP contribution in [-0.2, 0) is 24.2 Å². The van der Waals surface area contributed by atoms with Crippen LogP contribution in [0.1, 0.15) is 19.8 Å². The number of benzene rings is 2. The first-order valence-electron chi connectivity index (χ1n) is 9.34. The van der Waals surface area contributed by atoms with E-state index in [1.165, 1.54) is 6.92 Å². The fraction of sp³-hybridized carbons (Fsp3) is 0.333. The van der Waals surface area contributed by atoms with Gasteiger partial charge in [-0.15, -0.1) is 0 Å². The monoisotopic (exact) mass is 417 g/mol. The standard InChI is InChI=1S/C21H23NO6S/c1-15(27-20(23)13-16-11-12-29(25,26)14-16)21(24)22-17-7-9-19(10-8-17)28-18-5-3-2-4-6-18/h2-10,15-16H,11-14H2,1H3,(H,22,24)/t15-,16-/m0/s1. The number of sulfone groups is 1. The zero-order valence-electron chi connectivity index (χ0n) is 16.0. The number of amides is 1. The normalized spacial score (nSPS) is 18.6. The zero-order chi connectivity index (χ0) is 20.9. The molecule has 2 aromatic carbocycles. The maximum Gasteiger partial charge on any atom is 0.306 e. The number of hydrogen-bond donors (Lipinski definition) is 1. The molecular weight excluding hydrogens is 394 g/mol. The average Bonchev–Trinajstić information content (AvgIpc) is 3.02. The minimum Gasteiger partial charge on any atom is -0.457 e. The summed E-state index contributed by atoms with van der Waals surface area (Å²) in [5.41, 5.74) is 0.542. The van der Waals surface area contributed by atoms with Crippen molar-refractivity contribution in [1.29, 1.82) is 0 Å². The minimum absolute atomic E-state index is 0.0000779. The molecule has 2 aromatic rings. The Hall–Kier alpha value is -2.87. The zero-order valence-corrected chi connectivity index (χ0v) is 16.9. The number of para-hydroxylation sites is 1. The second kappa shape index (κ2) is 9.09. The summed E-state index contributed by atoms with van der Waals surface area (Å²) in [6.07, 6.45) is -0.529. The topological polar surface area (TPSA) is 98.8 Å². The van der Waals surface area contributed by atoms with Gasteiger partial charge in [-0.1, -0.05) is 18.2 Å². The Balaban J connectivity index is 1.47. The van der Waals surface area contributed by atoms with Crippen molar-refractivity contribution in [3.63, 3.8) is 0 Å². The quantitative estimate of drug-likeness (QED) is 0.695. The lowest BCUT2D eigenvalue weighted by atomic mass is 10.1. The van der Waals surface area contributed by atoms with E-state index in [-0.39, 0.29) is 23.8 Å². The third-order valence-corrected chi connectivity index (χ3v) is 6.40. The first kappa shape index (κ1) is 20.9. The molecule has 1 saturated heterocycles. The summed E-state index contributed by atoms with van der Waals surface area (Å²) in [5, 5.41) is 2.68. The molecule has 8 heteroatoms. The van der Waals surface area contributed by atoms with Crippen LogP contribution in [-0.4, -0.2) is 37.9 Å². The maximum absolute atomic E-state index is 12.2. The molecule has 3 rings (SSSR count). The van der Waals surface area contributed by atoms with Crippen LogP contribution in [0, 0.1) is 5.92 Å². The summed E-state index contributed by atoms with van der Waals surface area (Å²) in [4.78, 5) is 24.2. The Morgan fingerprint density at radius 1 is 1.07 bits per heavy atom. The van der Waals surface area contributed by atoms with E-state index < -0.39 is 27.8 Å². The number of carbonyl (C=O) groups is 2. The molecule has 154 valence electrons. The molecule has 1 amide bonds. The highest BCUT2D eigenvalue weighted by atomic mass is 32.2. The molecule has 0 aromatic heterocycles. The van der Waals surface area contributed by atoms with Gasteiger partial charge in [0.2, 0.25) is 0 Å². The van der Waals surface area contributed by atoms with Gasteiger partial charge in [0.1, 0.15) is 11.5 Å². The van der Waals surface area contributed by atoms with E-state index in [4.69, 9.17) is 9.47 Å². The van der Waals surface area contributed by atoms with Crippen LogP contribution >= 0.6 is 0 Å². The van der Waals surface area contributed by atoms with Crippen molar-refractivity contribution in [1.82, 2.24) is 0 Å².